The van der Waals surface area contributed by atoms with Crippen LogP contribution in [0.1, 0.15) is 32.8 Å². The lowest BCUT2D eigenvalue weighted by Crippen LogP contribution is -2.23. The van der Waals surface area contributed by atoms with Crippen molar-refractivity contribution in [3.63, 3.8) is 0 Å². The quantitative estimate of drug-likeness (QED) is 0.809. The first-order valence-corrected chi connectivity index (χ1v) is 6.53. The van der Waals surface area contributed by atoms with E-state index in [4.69, 9.17) is 0 Å². The first-order valence-electron chi connectivity index (χ1n) is 6.53. The van der Waals surface area contributed by atoms with Gasteiger partial charge in [0.2, 0.25) is 0 Å². The Hall–Kier alpha value is -1.02. The Balaban J connectivity index is 2.65. The highest BCUT2D eigenvalue weighted by Gasteiger charge is 2.09. The van der Waals surface area contributed by atoms with Gasteiger partial charge in [0.15, 0.2) is 0 Å². The molecule has 1 aromatic carbocycles. The van der Waals surface area contributed by atoms with Crippen molar-refractivity contribution in [3.05, 3.63) is 29.8 Å². The van der Waals surface area contributed by atoms with Gasteiger partial charge in [0.05, 0.1) is 0 Å². The number of anilines is 1. The Morgan fingerprint density at radius 2 is 1.94 bits per heavy atom. The largest absolute Gasteiger partial charge is 0.382 e. The van der Waals surface area contributed by atoms with Crippen LogP contribution in [0.2, 0.25) is 0 Å². The third-order valence-electron chi connectivity index (χ3n) is 3.32. The maximum absolute atomic E-state index is 3.59. The predicted octanol–water partition coefficient (Wildman–Crippen LogP) is 3.59. The van der Waals surface area contributed by atoms with Crippen molar-refractivity contribution in [2.75, 3.05) is 19.4 Å². The van der Waals surface area contributed by atoms with E-state index in [0.29, 0.717) is 12.0 Å². The zero-order valence-electron chi connectivity index (χ0n) is 11.8. The van der Waals surface area contributed by atoms with Crippen LogP contribution in [0.25, 0.3) is 0 Å². The Morgan fingerprint density at radius 3 is 2.53 bits per heavy atom. The number of nitrogens with zero attached hydrogens (tertiary/aromatic N) is 1. The molecule has 0 amide bonds. The predicted molar refractivity (Wildman–Crippen MR) is 76.4 cm³/mol. The summed E-state index contributed by atoms with van der Waals surface area (Å²) < 4.78 is 0. The summed E-state index contributed by atoms with van der Waals surface area (Å²) in [7, 11) is 4.20. The summed E-state index contributed by atoms with van der Waals surface area (Å²) in [5, 5.41) is 3.59. The summed E-state index contributed by atoms with van der Waals surface area (Å²) in [6, 6.07) is 9.23. The lowest BCUT2D eigenvalue weighted by Gasteiger charge is -2.21. The van der Waals surface area contributed by atoms with Gasteiger partial charge in [-0.3, -0.25) is 0 Å². The molecule has 0 fully saturated rings. The molecule has 0 saturated carbocycles. The number of hydrogen-bond acceptors (Lipinski definition) is 2. The summed E-state index contributed by atoms with van der Waals surface area (Å²) in [4.78, 5) is 2.19. The zero-order chi connectivity index (χ0) is 12.8. The maximum Gasteiger partial charge on any atom is 0.0345 e. The van der Waals surface area contributed by atoms with E-state index in [1.165, 1.54) is 17.7 Å². The molecule has 17 heavy (non-hydrogen) atoms. The lowest BCUT2D eigenvalue weighted by molar-refractivity contribution is 0.402. The molecule has 1 rings (SSSR count). The van der Waals surface area contributed by atoms with E-state index in [1.54, 1.807) is 0 Å². The highest BCUT2D eigenvalue weighted by Crippen LogP contribution is 2.16. The van der Waals surface area contributed by atoms with Gasteiger partial charge in [-0.25, -0.2) is 0 Å². The first kappa shape index (κ1) is 14.0. The third kappa shape index (κ3) is 4.78. The average molecular weight is 234 g/mol. The summed E-state index contributed by atoms with van der Waals surface area (Å²) in [6.45, 7) is 7.78. The molecule has 0 spiro atoms. The fraction of sp³-hybridized carbons (Fsp3) is 0.600. The molecule has 2 unspecified atom stereocenters. The molecule has 96 valence electrons. The normalized spacial score (nSPS) is 14.7. The SMILES string of the molecule is CCC(C)C(C)Nc1cccc(CN(C)C)c1. The van der Waals surface area contributed by atoms with E-state index in [-0.39, 0.29) is 0 Å². The standard InChI is InChI=1S/C15H26N2/c1-6-12(2)13(3)16-15-9-7-8-14(10-15)11-17(4)5/h7-10,12-13,16H,6,11H2,1-5H3. The summed E-state index contributed by atoms with van der Waals surface area (Å²) in [5.41, 5.74) is 2.59. The molecule has 0 radical (unpaired) electrons. The molecule has 0 aliphatic rings. The van der Waals surface area contributed by atoms with Crippen LogP contribution in [0.3, 0.4) is 0 Å². The topological polar surface area (TPSA) is 15.3 Å². The van der Waals surface area contributed by atoms with Crippen molar-refractivity contribution in [1.82, 2.24) is 4.90 Å². The molecule has 2 heteroatoms. The Bertz CT molecular complexity index is 333. The van der Waals surface area contributed by atoms with Gasteiger partial charge in [-0.2, -0.15) is 0 Å². The van der Waals surface area contributed by atoms with Crippen LogP contribution < -0.4 is 5.32 Å². The van der Waals surface area contributed by atoms with Crippen LogP contribution in [-0.4, -0.2) is 25.0 Å². The van der Waals surface area contributed by atoms with E-state index in [9.17, 15) is 0 Å². The van der Waals surface area contributed by atoms with E-state index in [0.717, 1.165) is 6.54 Å². The molecular weight excluding hydrogens is 208 g/mol. The minimum atomic E-state index is 0.523. The first-order chi connectivity index (χ1) is 8.02. The van der Waals surface area contributed by atoms with Gasteiger partial charge in [0.1, 0.15) is 0 Å². The molecular formula is C15H26N2. The molecule has 0 aliphatic carbocycles. The van der Waals surface area contributed by atoms with E-state index in [2.05, 4.69) is 69.3 Å². The molecule has 0 aliphatic heterocycles. The van der Waals surface area contributed by atoms with Crippen molar-refractivity contribution in [2.45, 2.75) is 39.8 Å². The summed E-state index contributed by atoms with van der Waals surface area (Å²) in [5.74, 6) is 0.701. The van der Waals surface area contributed by atoms with Crippen LogP contribution >= 0.6 is 0 Å². The minimum absolute atomic E-state index is 0.523. The second-order valence-corrected chi connectivity index (χ2v) is 5.26. The van der Waals surface area contributed by atoms with E-state index in [1.807, 2.05) is 0 Å². The molecule has 0 aromatic heterocycles. The van der Waals surface area contributed by atoms with Crippen LogP contribution in [0.15, 0.2) is 24.3 Å². The van der Waals surface area contributed by atoms with Gasteiger partial charge >= 0.3 is 0 Å². The van der Waals surface area contributed by atoms with Crippen molar-refractivity contribution in [1.29, 1.82) is 0 Å². The van der Waals surface area contributed by atoms with E-state index >= 15 is 0 Å². The molecule has 0 heterocycles. The molecule has 1 aromatic rings. The second kappa shape index (κ2) is 6.65. The highest BCUT2D eigenvalue weighted by molar-refractivity contribution is 5.46. The van der Waals surface area contributed by atoms with Crippen LogP contribution in [0, 0.1) is 5.92 Å². The molecule has 2 nitrogen and oxygen atoms in total. The second-order valence-electron chi connectivity index (χ2n) is 5.26. The summed E-state index contributed by atoms with van der Waals surface area (Å²) >= 11 is 0. The van der Waals surface area contributed by atoms with Crippen molar-refractivity contribution in [2.24, 2.45) is 5.92 Å². The van der Waals surface area contributed by atoms with Crippen LogP contribution in [-0.2, 0) is 6.54 Å². The monoisotopic (exact) mass is 234 g/mol. The molecule has 1 N–H and O–H groups in total. The Kier molecular flexibility index (Phi) is 5.49. The molecule has 0 bridgehead atoms. The van der Waals surface area contributed by atoms with Crippen molar-refractivity contribution in [3.8, 4) is 0 Å². The van der Waals surface area contributed by atoms with E-state index < -0.39 is 0 Å². The summed E-state index contributed by atoms with van der Waals surface area (Å²) in [6.07, 6.45) is 1.21. The number of rotatable bonds is 6. The van der Waals surface area contributed by atoms with Gasteiger partial charge in [-0.15, -0.1) is 0 Å². The fourth-order valence-corrected chi connectivity index (χ4v) is 1.88. The van der Waals surface area contributed by atoms with Gasteiger partial charge in [-0.1, -0.05) is 32.4 Å². The average Bonchev–Trinajstić information content (AvgIpc) is 2.27. The number of benzene rings is 1. The highest BCUT2D eigenvalue weighted by atomic mass is 15.0. The van der Waals surface area contributed by atoms with Gasteiger partial charge < -0.3 is 10.2 Å². The minimum Gasteiger partial charge on any atom is -0.382 e. The van der Waals surface area contributed by atoms with Crippen molar-refractivity contribution < 1.29 is 0 Å². The third-order valence-corrected chi connectivity index (χ3v) is 3.32. The van der Waals surface area contributed by atoms with Gasteiger partial charge in [0.25, 0.3) is 0 Å². The Labute approximate surface area is 106 Å². The smallest absolute Gasteiger partial charge is 0.0345 e. The fourth-order valence-electron chi connectivity index (χ4n) is 1.88. The molecule has 2 atom stereocenters. The maximum atomic E-state index is 3.59. The van der Waals surface area contributed by atoms with Gasteiger partial charge in [0, 0.05) is 18.3 Å². The zero-order valence-corrected chi connectivity index (χ0v) is 11.8. The number of hydrogen-bond donors (Lipinski definition) is 1. The lowest BCUT2D eigenvalue weighted by atomic mass is 10.0. The van der Waals surface area contributed by atoms with Crippen LogP contribution in [0.4, 0.5) is 5.69 Å². The molecule has 0 saturated heterocycles. The van der Waals surface area contributed by atoms with Gasteiger partial charge in [-0.05, 0) is 44.6 Å². The Morgan fingerprint density at radius 1 is 1.24 bits per heavy atom. The van der Waals surface area contributed by atoms with Crippen molar-refractivity contribution >= 4 is 5.69 Å². The van der Waals surface area contributed by atoms with Crippen LogP contribution in [0.5, 0.6) is 0 Å². The number of nitrogens with one attached hydrogen (secondary N) is 1.